The molecule has 110 valence electrons. The molecule has 0 amide bonds. The average Bonchev–Trinajstić information content (AvgIpc) is 2.48. The van der Waals surface area contributed by atoms with Crippen molar-refractivity contribution in [2.75, 3.05) is 13.2 Å². The van der Waals surface area contributed by atoms with Crippen LogP contribution in [0, 0.1) is 0 Å². The molecular formula is C15H20O5. The van der Waals surface area contributed by atoms with E-state index in [1.807, 2.05) is 6.08 Å². The second kappa shape index (κ2) is 4.91. The molecule has 1 spiro atoms. The molecule has 5 atom stereocenters. The van der Waals surface area contributed by atoms with Crippen LogP contribution in [0.3, 0.4) is 0 Å². The number of rotatable bonds is 0. The SMILES string of the molecule is O=C1C[C@H]2OCCC[C@@H]2O[C@]12C=C[C@@H]1OCCC[C@H]1O2. The first-order valence-electron chi connectivity index (χ1n) is 7.58. The molecule has 4 rings (SSSR count). The van der Waals surface area contributed by atoms with Crippen LogP contribution in [0.1, 0.15) is 32.1 Å². The normalized spacial score (nSPS) is 47.9. The summed E-state index contributed by atoms with van der Waals surface area (Å²) in [6.07, 6.45) is 7.63. The van der Waals surface area contributed by atoms with E-state index < -0.39 is 5.79 Å². The predicted molar refractivity (Wildman–Crippen MR) is 69.2 cm³/mol. The lowest BCUT2D eigenvalue weighted by molar-refractivity contribution is -0.294. The Labute approximate surface area is 118 Å². The zero-order valence-electron chi connectivity index (χ0n) is 11.5. The van der Waals surface area contributed by atoms with Crippen molar-refractivity contribution >= 4 is 5.78 Å². The van der Waals surface area contributed by atoms with Crippen molar-refractivity contribution in [2.45, 2.75) is 62.3 Å². The van der Waals surface area contributed by atoms with Crippen molar-refractivity contribution in [3.8, 4) is 0 Å². The zero-order valence-corrected chi connectivity index (χ0v) is 11.5. The Kier molecular flexibility index (Phi) is 3.18. The van der Waals surface area contributed by atoms with Crippen molar-refractivity contribution in [1.82, 2.24) is 0 Å². The Morgan fingerprint density at radius 3 is 2.65 bits per heavy atom. The third-order valence-corrected chi connectivity index (χ3v) is 4.62. The molecule has 0 aromatic heterocycles. The number of ketones is 1. The fourth-order valence-corrected chi connectivity index (χ4v) is 3.55. The van der Waals surface area contributed by atoms with E-state index in [2.05, 4.69) is 0 Å². The highest BCUT2D eigenvalue weighted by Gasteiger charge is 2.52. The van der Waals surface area contributed by atoms with Gasteiger partial charge in [-0.05, 0) is 31.8 Å². The molecule has 5 nitrogen and oxygen atoms in total. The Bertz CT molecular complexity index is 434. The number of Topliss-reactive ketones (excluding diaryl/α,β-unsaturated/α-hetero) is 1. The summed E-state index contributed by atoms with van der Waals surface area (Å²) in [6, 6.07) is 0. The van der Waals surface area contributed by atoms with Gasteiger partial charge in [0.1, 0.15) is 6.10 Å². The van der Waals surface area contributed by atoms with E-state index in [-0.39, 0.29) is 30.2 Å². The van der Waals surface area contributed by atoms with Gasteiger partial charge in [-0.25, -0.2) is 0 Å². The van der Waals surface area contributed by atoms with Gasteiger partial charge >= 0.3 is 0 Å². The number of carbonyl (C=O) groups is 1. The maximum Gasteiger partial charge on any atom is 0.250 e. The van der Waals surface area contributed by atoms with E-state index in [0.29, 0.717) is 6.42 Å². The van der Waals surface area contributed by atoms with Crippen LogP contribution in [-0.4, -0.2) is 49.2 Å². The second-order valence-electron chi connectivity index (χ2n) is 6.00. The Balaban J connectivity index is 1.58. The lowest BCUT2D eigenvalue weighted by atomic mass is 9.90. The summed E-state index contributed by atoms with van der Waals surface area (Å²) < 4.78 is 23.4. The van der Waals surface area contributed by atoms with Crippen LogP contribution in [0.2, 0.25) is 0 Å². The van der Waals surface area contributed by atoms with Gasteiger partial charge in [-0.15, -0.1) is 0 Å². The van der Waals surface area contributed by atoms with Crippen molar-refractivity contribution in [2.24, 2.45) is 0 Å². The van der Waals surface area contributed by atoms with Gasteiger partial charge in [0, 0.05) is 19.6 Å². The maximum absolute atomic E-state index is 12.5. The fourth-order valence-electron chi connectivity index (χ4n) is 3.55. The first kappa shape index (κ1) is 13.0. The minimum Gasteiger partial charge on any atom is -0.375 e. The van der Waals surface area contributed by atoms with Gasteiger partial charge in [0.25, 0.3) is 0 Å². The van der Waals surface area contributed by atoms with Crippen LogP contribution < -0.4 is 0 Å². The van der Waals surface area contributed by atoms with E-state index in [1.165, 1.54) is 0 Å². The molecule has 4 heterocycles. The van der Waals surface area contributed by atoms with Crippen molar-refractivity contribution in [3.05, 3.63) is 12.2 Å². The predicted octanol–water partition coefficient (Wildman–Crippen LogP) is 1.35. The Morgan fingerprint density at radius 1 is 1.00 bits per heavy atom. The first-order valence-corrected chi connectivity index (χ1v) is 7.58. The second-order valence-corrected chi connectivity index (χ2v) is 6.00. The molecule has 4 aliphatic rings. The highest BCUT2D eigenvalue weighted by Crippen LogP contribution is 2.39. The molecule has 3 fully saturated rings. The molecule has 0 radical (unpaired) electrons. The number of hydrogen-bond donors (Lipinski definition) is 0. The Hall–Kier alpha value is -0.750. The number of carbonyl (C=O) groups excluding carboxylic acids is 1. The zero-order chi connectivity index (χ0) is 13.6. The summed E-state index contributed by atoms with van der Waals surface area (Å²) in [5.41, 5.74) is 0. The monoisotopic (exact) mass is 280 g/mol. The first-order chi connectivity index (χ1) is 9.77. The molecule has 20 heavy (non-hydrogen) atoms. The van der Waals surface area contributed by atoms with Gasteiger partial charge in [0.05, 0.1) is 18.3 Å². The largest absolute Gasteiger partial charge is 0.375 e. The third kappa shape index (κ3) is 2.04. The van der Waals surface area contributed by atoms with Crippen LogP contribution in [0.15, 0.2) is 12.2 Å². The minimum absolute atomic E-state index is 0.0269. The van der Waals surface area contributed by atoms with Crippen LogP contribution in [0.25, 0.3) is 0 Å². The summed E-state index contributed by atoms with van der Waals surface area (Å²) in [5.74, 6) is -1.22. The van der Waals surface area contributed by atoms with Crippen molar-refractivity contribution < 1.29 is 23.7 Å². The molecule has 0 aliphatic carbocycles. The topological polar surface area (TPSA) is 54.0 Å². The van der Waals surface area contributed by atoms with Crippen molar-refractivity contribution in [3.63, 3.8) is 0 Å². The molecule has 0 aromatic rings. The van der Waals surface area contributed by atoms with Gasteiger partial charge in [-0.2, -0.15) is 0 Å². The summed E-state index contributed by atoms with van der Waals surface area (Å²) in [4.78, 5) is 12.5. The van der Waals surface area contributed by atoms with Gasteiger partial charge in [-0.1, -0.05) is 6.08 Å². The summed E-state index contributed by atoms with van der Waals surface area (Å²) in [7, 11) is 0. The van der Waals surface area contributed by atoms with Gasteiger partial charge in [0.15, 0.2) is 5.78 Å². The average molecular weight is 280 g/mol. The van der Waals surface area contributed by atoms with Crippen LogP contribution >= 0.6 is 0 Å². The minimum atomic E-state index is -1.19. The van der Waals surface area contributed by atoms with E-state index in [1.54, 1.807) is 6.08 Å². The highest BCUT2D eigenvalue weighted by molar-refractivity contribution is 5.89. The van der Waals surface area contributed by atoms with Gasteiger partial charge in [-0.3, -0.25) is 4.79 Å². The van der Waals surface area contributed by atoms with Gasteiger partial charge in [0.2, 0.25) is 5.79 Å². The quantitative estimate of drug-likeness (QED) is 0.627. The number of ether oxygens (including phenoxy) is 4. The molecule has 5 heteroatoms. The van der Waals surface area contributed by atoms with Crippen LogP contribution in [0.4, 0.5) is 0 Å². The van der Waals surface area contributed by atoms with E-state index in [4.69, 9.17) is 18.9 Å². The molecule has 0 bridgehead atoms. The Morgan fingerprint density at radius 2 is 1.75 bits per heavy atom. The van der Waals surface area contributed by atoms with Gasteiger partial charge < -0.3 is 18.9 Å². The summed E-state index contributed by atoms with van der Waals surface area (Å²) >= 11 is 0. The molecule has 0 aromatic carbocycles. The molecule has 4 aliphatic heterocycles. The maximum atomic E-state index is 12.5. The van der Waals surface area contributed by atoms with Crippen molar-refractivity contribution in [1.29, 1.82) is 0 Å². The molecule has 0 saturated carbocycles. The van der Waals surface area contributed by atoms with E-state index in [0.717, 1.165) is 38.9 Å². The molecule has 0 unspecified atom stereocenters. The molecule has 0 N–H and O–H groups in total. The van der Waals surface area contributed by atoms with Crippen LogP contribution in [-0.2, 0) is 23.7 Å². The number of hydrogen-bond acceptors (Lipinski definition) is 5. The fraction of sp³-hybridized carbons (Fsp3) is 0.800. The molecule has 3 saturated heterocycles. The summed E-state index contributed by atoms with van der Waals surface area (Å²) in [5, 5.41) is 0. The van der Waals surface area contributed by atoms with Crippen LogP contribution in [0.5, 0.6) is 0 Å². The number of fused-ring (bicyclic) bond motifs is 2. The highest BCUT2D eigenvalue weighted by atomic mass is 16.7. The summed E-state index contributed by atoms with van der Waals surface area (Å²) in [6.45, 7) is 1.48. The molecular weight excluding hydrogens is 260 g/mol. The standard InChI is InChI=1S/C15H20O5/c16-14-9-13-12(4-2-8-18-13)20-15(14)6-5-10-11(19-15)3-1-7-17-10/h5-6,10-13H,1-4,7-9H2/t10-,11+,12-,13+,15+/m0/s1. The smallest absolute Gasteiger partial charge is 0.250 e. The lowest BCUT2D eigenvalue weighted by Crippen LogP contribution is -2.60. The van der Waals surface area contributed by atoms with E-state index in [9.17, 15) is 4.79 Å². The lowest BCUT2D eigenvalue weighted by Gasteiger charge is -2.47. The van der Waals surface area contributed by atoms with E-state index >= 15 is 0 Å². The third-order valence-electron chi connectivity index (χ3n) is 4.62.